The van der Waals surface area contributed by atoms with E-state index in [1.54, 1.807) is 25.1 Å². The van der Waals surface area contributed by atoms with Crippen molar-refractivity contribution in [1.82, 2.24) is 14.9 Å². The van der Waals surface area contributed by atoms with E-state index in [1.165, 1.54) is 10.6 Å². The van der Waals surface area contributed by atoms with E-state index in [2.05, 4.69) is 15.4 Å². The molecule has 1 aliphatic rings. The Kier molecular flexibility index (Phi) is 12.4. The highest BCUT2D eigenvalue weighted by molar-refractivity contribution is 5.96. The van der Waals surface area contributed by atoms with E-state index in [1.807, 2.05) is 74.5 Å². The minimum atomic E-state index is 0.0994. The molecule has 38 heavy (non-hydrogen) atoms. The van der Waals surface area contributed by atoms with Crippen LogP contribution in [0.1, 0.15) is 46.6 Å². The SMILES string of the molecule is CNc1cccc(/C(=N/N)N(N)C(C)C)n1.COCc1ccccc1.O=Cc1ccc2c(c1)CN(C=O)C2. The van der Waals surface area contributed by atoms with E-state index < -0.39 is 0 Å². The summed E-state index contributed by atoms with van der Waals surface area (Å²) in [5.74, 6) is 12.4. The molecule has 4 rings (SSSR count). The number of amides is 1. The zero-order valence-electron chi connectivity index (χ0n) is 22.4. The van der Waals surface area contributed by atoms with Gasteiger partial charge in [-0.1, -0.05) is 48.5 Å². The number of carbonyl (C=O) groups is 2. The number of carbonyl (C=O) groups excluding carboxylic acids is 2. The van der Waals surface area contributed by atoms with E-state index in [-0.39, 0.29) is 6.04 Å². The van der Waals surface area contributed by atoms with Crippen LogP contribution in [0, 0.1) is 0 Å². The van der Waals surface area contributed by atoms with Gasteiger partial charge in [-0.05, 0) is 48.7 Å². The number of fused-ring (bicyclic) bond motifs is 1. The van der Waals surface area contributed by atoms with Crippen molar-refractivity contribution < 1.29 is 14.3 Å². The monoisotopic (exact) mass is 519 g/mol. The van der Waals surface area contributed by atoms with Crippen molar-refractivity contribution in [3.63, 3.8) is 0 Å². The van der Waals surface area contributed by atoms with Gasteiger partial charge in [0.2, 0.25) is 6.41 Å². The molecule has 0 bridgehead atoms. The molecule has 0 unspecified atom stereocenters. The number of rotatable bonds is 7. The van der Waals surface area contributed by atoms with Gasteiger partial charge in [-0.25, -0.2) is 10.8 Å². The zero-order valence-corrected chi connectivity index (χ0v) is 22.4. The number of hydrazone groups is 1. The lowest BCUT2D eigenvalue weighted by Gasteiger charge is -2.23. The molecule has 1 aliphatic heterocycles. The van der Waals surface area contributed by atoms with E-state index >= 15 is 0 Å². The average Bonchev–Trinajstić information content (AvgIpc) is 3.37. The highest BCUT2D eigenvalue weighted by Gasteiger charge is 2.17. The number of aromatic nitrogens is 1. The Hall–Kier alpha value is -4.28. The van der Waals surface area contributed by atoms with Gasteiger partial charge in [-0.15, -0.1) is 0 Å². The van der Waals surface area contributed by atoms with E-state index in [0.717, 1.165) is 29.6 Å². The molecule has 0 saturated heterocycles. The van der Waals surface area contributed by atoms with Crippen LogP contribution < -0.4 is 17.0 Å². The summed E-state index contributed by atoms with van der Waals surface area (Å²) in [7, 11) is 3.50. The fraction of sp³-hybridized carbons (Fsp3) is 0.286. The molecule has 5 N–H and O–H groups in total. The summed E-state index contributed by atoms with van der Waals surface area (Å²) in [6, 6.07) is 21.3. The maximum atomic E-state index is 10.5. The highest BCUT2D eigenvalue weighted by atomic mass is 16.5. The van der Waals surface area contributed by atoms with E-state index in [9.17, 15) is 9.59 Å². The summed E-state index contributed by atoms with van der Waals surface area (Å²) in [5.41, 5.74) is 4.76. The third-order valence-electron chi connectivity index (χ3n) is 5.57. The molecule has 202 valence electrons. The molecule has 2 heterocycles. The lowest BCUT2D eigenvalue weighted by molar-refractivity contribution is -0.118. The highest BCUT2D eigenvalue weighted by Crippen LogP contribution is 2.21. The average molecular weight is 520 g/mol. The standard InChI is InChI=1S/C10H18N6.C10H9NO2.C8H10O/c1-7(2)16(12)10(15-11)8-5-4-6-9(13-3)14-8;12-6-8-1-2-9-4-11(7-13)5-10(9)3-8;1-9-7-8-5-3-2-4-6-8/h4-7H,11-12H2,1-3H3,(H,13,14);1-3,6-7H,4-5H2;2-6H,7H2,1H3/b15-10-;;. The quantitative estimate of drug-likeness (QED) is 0.142. The minimum absolute atomic E-state index is 0.0994. The topological polar surface area (TPSA) is 139 Å². The van der Waals surface area contributed by atoms with Crippen LogP contribution >= 0.6 is 0 Å². The van der Waals surface area contributed by atoms with Gasteiger partial charge in [0.25, 0.3) is 0 Å². The number of ether oxygens (including phenoxy) is 1. The van der Waals surface area contributed by atoms with Gasteiger partial charge in [0.15, 0.2) is 5.84 Å². The normalized spacial score (nSPS) is 11.9. The largest absolute Gasteiger partial charge is 0.380 e. The van der Waals surface area contributed by atoms with Crippen molar-refractivity contribution in [2.75, 3.05) is 19.5 Å². The smallest absolute Gasteiger partial charge is 0.210 e. The number of hydrogen-bond acceptors (Lipinski definition) is 8. The fourth-order valence-electron chi connectivity index (χ4n) is 3.54. The number of amidine groups is 1. The number of nitrogens with one attached hydrogen (secondary N) is 1. The van der Waals surface area contributed by atoms with Crippen LogP contribution in [0.15, 0.2) is 71.8 Å². The number of nitrogens with zero attached hydrogens (tertiary/aromatic N) is 4. The number of hydrazine groups is 1. The first kappa shape index (κ1) is 29.9. The number of benzene rings is 2. The lowest BCUT2D eigenvalue weighted by atomic mass is 10.1. The Labute approximate surface area is 224 Å². The van der Waals surface area contributed by atoms with Crippen molar-refractivity contribution in [2.45, 2.75) is 39.6 Å². The van der Waals surface area contributed by atoms with Gasteiger partial charge in [0.05, 0.1) is 6.61 Å². The number of anilines is 1. The van der Waals surface area contributed by atoms with Crippen LogP contribution in [0.4, 0.5) is 5.82 Å². The van der Waals surface area contributed by atoms with Gasteiger partial charge >= 0.3 is 0 Å². The van der Waals surface area contributed by atoms with Crippen molar-refractivity contribution >= 4 is 24.3 Å². The van der Waals surface area contributed by atoms with Gasteiger partial charge in [-0.2, -0.15) is 5.10 Å². The van der Waals surface area contributed by atoms with Crippen LogP contribution in [0.25, 0.3) is 0 Å². The van der Waals surface area contributed by atoms with Crippen LogP contribution in [0.5, 0.6) is 0 Å². The van der Waals surface area contributed by atoms with Gasteiger partial charge in [0.1, 0.15) is 17.8 Å². The predicted molar refractivity (Wildman–Crippen MR) is 150 cm³/mol. The minimum Gasteiger partial charge on any atom is -0.380 e. The lowest BCUT2D eigenvalue weighted by Crippen LogP contribution is -2.44. The fourth-order valence-corrected chi connectivity index (χ4v) is 3.54. The number of aldehydes is 1. The molecule has 0 saturated carbocycles. The summed E-state index contributed by atoms with van der Waals surface area (Å²) >= 11 is 0. The maximum Gasteiger partial charge on any atom is 0.210 e. The van der Waals surface area contributed by atoms with Crippen molar-refractivity contribution in [3.05, 3.63) is 94.7 Å². The van der Waals surface area contributed by atoms with Crippen LogP contribution in [-0.2, 0) is 29.2 Å². The molecular weight excluding hydrogens is 482 g/mol. The first-order valence-electron chi connectivity index (χ1n) is 12.1. The zero-order chi connectivity index (χ0) is 27.9. The third kappa shape index (κ3) is 8.99. The van der Waals surface area contributed by atoms with Crippen molar-refractivity contribution in [2.24, 2.45) is 16.8 Å². The third-order valence-corrected chi connectivity index (χ3v) is 5.57. The molecular formula is C28H37N7O3. The van der Waals surface area contributed by atoms with Crippen LogP contribution in [0.2, 0.25) is 0 Å². The Morgan fingerprint density at radius 3 is 2.39 bits per heavy atom. The molecule has 1 aromatic heterocycles. The Morgan fingerprint density at radius 2 is 1.82 bits per heavy atom. The molecule has 3 aromatic rings. The molecule has 0 spiro atoms. The van der Waals surface area contributed by atoms with Crippen molar-refractivity contribution in [1.29, 1.82) is 0 Å². The molecule has 0 radical (unpaired) electrons. The second-order valence-electron chi connectivity index (χ2n) is 8.69. The number of methoxy groups -OCH3 is 1. The van der Waals surface area contributed by atoms with Gasteiger partial charge < -0.3 is 20.8 Å². The van der Waals surface area contributed by atoms with Crippen LogP contribution in [0.3, 0.4) is 0 Å². The first-order chi connectivity index (χ1) is 18.4. The summed E-state index contributed by atoms with van der Waals surface area (Å²) in [4.78, 5) is 27.0. The molecule has 0 atom stereocenters. The molecule has 2 aromatic carbocycles. The molecule has 0 fully saturated rings. The number of pyridine rings is 1. The van der Waals surface area contributed by atoms with Crippen LogP contribution in [-0.4, -0.2) is 53.6 Å². The first-order valence-corrected chi connectivity index (χ1v) is 12.1. The Bertz CT molecular complexity index is 1190. The maximum absolute atomic E-state index is 10.5. The predicted octanol–water partition coefficient (Wildman–Crippen LogP) is 3.13. The van der Waals surface area contributed by atoms with E-state index in [4.69, 9.17) is 16.4 Å². The summed E-state index contributed by atoms with van der Waals surface area (Å²) in [6.45, 7) is 5.90. The summed E-state index contributed by atoms with van der Waals surface area (Å²) in [5, 5.41) is 8.12. The molecule has 1 amide bonds. The number of nitrogens with two attached hydrogens (primary N) is 2. The second-order valence-corrected chi connectivity index (χ2v) is 8.69. The second kappa shape index (κ2) is 15.7. The molecule has 10 heteroatoms. The van der Waals surface area contributed by atoms with Gasteiger partial charge in [-0.3, -0.25) is 14.6 Å². The molecule has 0 aliphatic carbocycles. The Morgan fingerprint density at radius 1 is 1.11 bits per heavy atom. The number of hydrogen-bond donors (Lipinski definition) is 3. The van der Waals surface area contributed by atoms with Crippen molar-refractivity contribution in [3.8, 4) is 0 Å². The van der Waals surface area contributed by atoms with Gasteiger partial charge in [0, 0.05) is 38.9 Å². The Balaban J connectivity index is 0.000000208. The summed E-state index contributed by atoms with van der Waals surface area (Å²) < 4.78 is 4.93. The molecule has 10 nitrogen and oxygen atoms in total. The van der Waals surface area contributed by atoms with E-state index in [0.29, 0.717) is 36.8 Å². The summed E-state index contributed by atoms with van der Waals surface area (Å²) in [6.07, 6.45) is 1.66.